The van der Waals surface area contributed by atoms with Gasteiger partial charge in [0, 0.05) is 51.1 Å². The van der Waals surface area contributed by atoms with Crippen LogP contribution in [0.15, 0.2) is 80.0 Å². The van der Waals surface area contributed by atoms with Gasteiger partial charge in [0.05, 0.1) is 42.2 Å². The molecule has 2 fully saturated rings. The number of rotatable bonds is 17. The van der Waals surface area contributed by atoms with Crippen molar-refractivity contribution in [2.75, 3.05) is 7.11 Å². The Kier molecular flexibility index (Phi) is 11.3. The van der Waals surface area contributed by atoms with Crippen LogP contribution in [0, 0.1) is 0 Å². The van der Waals surface area contributed by atoms with Crippen molar-refractivity contribution in [2.45, 2.75) is 82.3 Å². The third kappa shape index (κ3) is 9.02. The molecule has 2 aromatic carbocycles. The molecule has 23 heteroatoms. The van der Waals surface area contributed by atoms with Crippen molar-refractivity contribution in [3.63, 3.8) is 0 Å². The van der Waals surface area contributed by atoms with Gasteiger partial charge < -0.3 is 33.8 Å². The number of aryl methyl sites for hydroxylation is 2. The number of imidazole rings is 2. The van der Waals surface area contributed by atoms with Crippen LogP contribution in [0.5, 0.6) is 35.0 Å². The molecule has 0 radical (unpaired) electrons. The van der Waals surface area contributed by atoms with Gasteiger partial charge >= 0.3 is 29.8 Å². The number of halogens is 4. The Morgan fingerprint density at radius 2 is 1.52 bits per heavy atom. The number of fused-ring (bicyclic) bond motifs is 2. The van der Waals surface area contributed by atoms with Crippen molar-refractivity contribution in [3.05, 3.63) is 119 Å². The van der Waals surface area contributed by atoms with Gasteiger partial charge in [0.25, 0.3) is 11.1 Å². The molecule has 0 unspecified atom stereocenters. The van der Waals surface area contributed by atoms with Gasteiger partial charge in [0.1, 0.15) is 23.0 Å². The van der Waals surface area contributed by atoms with E-state index in [4.69, 9.17) is 30.5 Å². The highest BCUT2D eigenvalue weighted by Gasteiger charge is 2.44. The summed E-state index contributed by atoms with van der Waals surface area (Å²) in [5, 5.41) is 10.6. The largest absolute Gasteiger partial charge is 0.573 e. The van der Waals surface area contributed by atoms with Gasteiger partial charge in [-0.25, -0.2) is 9.59 Å². The molecule has 2 saturated carbocycles. The average molecular weight is 936 g/mol. The first-order chi connectivity index (χ1) is 31.4. The van der Waals surface area contributed by atoms with E-state index in [0.717, 1.165) is 21.3 Å². The summed E-state index contributed by atoms with van der Waals surface area (Å²) in [5.74, 6) is 0.113. The number of nitrogens with one attached hydrogen (secondary N) is 1. The van der Waals surface area contributed by atoms with Crippen LogP contribution < -0.4 is 41.4 Å². The van der Waals surface area contributed by atoms with Crippen LogP contribution in [-0.4, -0.2) is 72.6 Å². The number of aromatic nitrogens is 9. The highest BCUT2D eigenvalue weighted by Crippen LogP contribution is 2.44. The first-order valence-electron chi connectivity index (χ1n) is 20.7. The van der Waals surface area contributed by atoms with E-state index >= 15 is 0 Å². The van der Waals surface area contributed by atoms with E-state index in [0.29, 0.717) is 53.5 Å². The molecule has 2 aliphatic rings. The first kappa shape index (κ1) is 44.3. The molecule has 7 aromatic rings. The van der Waals surface area contributed by atoms with E-state index in [1.54, 1.807) is 30.3 Å². The number of alkyl halides is 3. The fourth-order valence-corrected chi connectivity index (χ4v) is 7.75. The lowest BCUT2D eigenvalue weighted by molar-refractivity contribution is -0.274. The minimum atomic E-state index is -4.95. The molecule has 0 aliphatic heterocycles. The second kappa shape index (κ2) is 16.8. The molecule has 0 spiro atoms. The van der Waals surface area contributed by atoms with Crippen molar-refractivity contribution in [3.8, 4) is 35.0 Å². The second-order valence-electron chi connectivity index (χ2n) is 16.4. The Morgan fingerprint density at radius 1 is 0.818 bits per heavy atom. The maximum absolute atomic E-state index is 14.3. The van der Waals surface area contributed by atoms with Crippen LogP contribution in [0.3, 0.4) is 0 Å². The summed E-state index contributed by atoms with van der Waals surface area (Å²) in [6.45, 7) is 0.0544. The van der Waals surface area contributed by atoms with Crippen LogP contribution in [0.2, 0.25) is 5.02 Å². The molecule has 5 aromatic heterocycles. The lowest BCUT2D eigenvalue weighted by atomic mass is 10.2. The summed E-state index contributed by atoms with van der Waals surface area (Å²) in [5.41, 5.74) is -2.75. The molecule has 0 saturated heterocycles. The Bertz CT molecular complexity index is 3260. The summed E-state index contributed by atoms with van der Waals surface area (Å²) in [4.78, 5) is 70.3. The Morgan fingerprint density at radius 3 is 2.20 bits per heavy atom. The normalized spacial score (nSPS) is 15.0. The molecule has 66 heavy (non-hydrogen) atoms. The third-order valence-corrected chi connectivity index (χ3v) is 12.0. The Hall–Kier alpha value is -6.91. The van der Waals surface area contributed by atoms with Crippen LogP contribution in [-0.2, 0) is 45.1 Å². The summed E-state index contributed by atoms with van der Waals surface area (Å²) >= 11 is 6.06. The zero-order valence-corrected chi connectivity index (χ0v) is 36.3. The van der Waals surface area contributed by atoms with Gasteiger partial charge in [0.15, 0.2) is 22.3 Å². The number of aromatic amines is 1. The van der Waals surface area contributed by atoms with Crippen LogP contribution in [0.1, 0.15) is 49.8 Å². The standard InChI is InChI=1S/C43H41ClF3N9O10/c1-52-33-31(35(57)54(39(52)59)17-15-41(61)11-12-41)49-37(50-33)64-28-10-7-24(30(20-28)62-3)23-63-42(13-14-42)16-18-55-36(58)32-34(53(2)40(55)60)51-38(56(32)22-26-9-8-25(44)21-48-26)65-27-5-4-6-29(19-27)66-43(45,46)47/h4-10,19-21,61H,11-18,22-23H2,1-3H3,(H,49,50). The predicted molar refractivity (Wildman–Crippen MR) is 230 cm³/mol. The summed E-state index contributed by atoms with van der Waals surface area (Å²) < 4.78 is 73.0. The Balaban J connectivity index is 0.925. The van der Waals surface area contributed by atoms with Crippen molar-refractivity contribution < 1.29 is 42.0 Å². The molecule has 19 nitrogen and oxygen atoms in total. The molecule has 2 N–H and O–H groups in total. The highest BCUT2D eigenvalue weighted by atomic mass is 35.5. The van der Waals surface area contributed by atoms with Gasteiger partial charge in [-0.15, -0.1) is 13.2 Å². The summed E-state index contributed by atoms with van der Waals surface area (Å²) in [6.07, 6.45) is -0.404. The monoisotopic (exact) mass is 935 g/mol. The van der Waals surface area contributed by atoms with E-state index in [9.17, 15) is 37.5 Å². The SMILES string of the molecule is COc1cc(Oc2nc3c([nH]2)c(=O)n(CCC2(O)CC2)c(=O)n3C)ccc1COC1(CCn2c(=O)c3c(nc(Oc4cccc(OC(F)(F)F)c4)n3Cc3ccc(Cl)cn3)n(C)c2=O)CC1. The quantitative estimate of drug-likeness (QED) is 0.119. The minimum Gasteiger partial charge on any atom is -0.496 e. The smallest absolute Gasteiger partial charge is 0.496 e. The minimum absolute atomic E-state index is 0.0161. The van der Waals surface area contributed by atoms with Gasteiger partial charge in [-0.3, -0.25) is 37.4 Å². The Labute approximate surface area is 375 Å². The van der Waals surface area contributed by atoms with Crippen LogP contribution >= 0.6 is 11.6 Å². The van der Waals surface area contributed by atoms with E-state index in [2.05, 4.69) is 24.7 Å². The lowest BCUT2D eigenvalue weighted by Crippen LogP contribution is -2.40. The second-order valence-corrected chi connectivity index (χ2v) is 16.8. The first-order valence-corrected chi connectivity index (χ1v) is 21.0. The molecule has 0 amide bonds. The summed E-state index contributed by atoms with van der Waals surface area (Å²) in [7, 11) is 4.42. The van der Waals surface area contributed by atoms with E-state index in [-0.39, 0.29) is 79.2 Å². The van der Waals surface area contributed by atoms with E-state index < -0.39 is 45.8 Å². The molecular weight excluding hydrogens is 895 g/mol. The number of benzene rings is 2. The summed E-state index contributed by atoms with van der Waals surface area (Å²) in [6, 6.07) is 12.8. The topological polar surface area (TPSA) is 214 Å². The van der Waals surface area contributed by atoms with Crippen molar-refractivity contribution >= 4 is 33.9 Å². The van der Waals surface area contributed by atoms with E-state index in [1.807, 2.05) is 0 Å². The molecule has 9 rings (SSSR count). The van der Waals surface area contributed by atoms with E-state index in [1.165, 1.54) is 53.2 Å². The van der Waals surface area contributed by atoms with Crippen molar-refractivity contribution in [2.24, 2.45) is 14.1 Å². The number of ether oxygens (including phenoxy) is 5. The van der Waals surface area contributed by atoms with Crippen molar-refractivity contribution in [1.29, 1.82) is 0 Å². The van der Waals surface area contributed by atoms with Crippen molar-refractivity contribution in [1.82, 2.24) is 42.8 Å². The third-order valence-electron chi connectivity index (χ3n) is 11.7. The molecular formula is C43H41ClF3N9O10. The van der Waals surface area contributed by atoms with Crippen LogP contribution in [0.25, 0.3) is 22.3 Å². The molecule has 0 atom stereocenters. The number of aliphatic hydroxyl groups is 1. The number of methoxy groups -OCH3 is 1. The highest BCUT2D eigenvalue weighted by molar-refractivity contribution is 6.30. The number of nitrogens with zero attached hydrogens (tertiary/aromatic N) is 8. The molecule has 0 bridgehead atoms. The molecule has 2 aliphatic carbocycles. The number of H-pyrrole nitrogens is 1. The molecule has 5 heterocycles. The fourth-order valence-electron chi connectivity index (χ4n) is 7.64. The van der Waals surface area contributed by atoms with Crippen LogP contribution in [0.4, 0.5) is 13.2 Å². The predicted octanol–water partition coefficient (Wildman–Crippen LogP) is 5.28. The number of hydrogen-bond acceptors (Lipinski definition) is 13. The van der Waals surface area contributed by atoms with Gasteiger partial charge in [-0.1, -0.05) is 17.7 Å². The molecule has 346 valence electrons. The number of hydrogen-bond donors (Lipinski definition) is 2. The maximum Gasteiger partial charge on any atom is 0.573 e. The number of pyridine rings is 1. The average Bonchev–Trinajstić information content (AvgIpc) is 4.14. The zero-order valence-electron chi connectivity index (χ0n) is 35.6. The van der Waals surface area contributed by atoms with Gasteiger partial charge in [-0.05, 0) is 74.9 Å². The lowest BCUT2D eigenvalue weighted by Gasteiger charge is -2.19. The zero-order chi connectivity index (χ0) is 46.7. The van der Waals surface area contributed by atoms with Gasteiger partial charge in [0.2, 0.25) is 0 Å². The maximum atomic E-state index is 14.3. The van der Waals surface area contributed by atoms with Gasteiger partial charge in [-0.2, -0.15) is 9.97 Å². The fraction of sp³-hybridized carbons (Fsp3) is 0.372.